The maximum atomic E-state index is 12.2. The minimum absolute atomic E-state index is 0.0478. The number of halogens is 1. The molecular weight excluding hydrogens is 350 g/mol. The smallest absolute Gasteiger partial charge is 0.224 e. The summed E-state index contributed by atoms with van der Waals surface area (Å²) in [6.07, 6.45) is 9.57. The first-order valence-electron chi connectivity index (χ1n) is 9.02. The maximum Gasteiger partial charge on any atom is 0.224 e. The molecule has 2 aromatic rings. The zero-order valence-electron chi connectivity index (χ0n) is 15.0. The lowest BCUT2D eigenvalue weighted by atomic mass is 9.92. The Bertz CT molecular complexity index is 870. The fraction of sp³-hybridized carbons (Fsp3) is 0.400. The molecule has 2 aliphatic rings. The van der Waals surface area contributed by atoms with Gasteiger partial charge in [-0.3, -0.25) is 9.48 Å². The van der Waals surface area contributed by atoms with Crippen LogP contribution >= 0.6 is 11.6 Å². The number of anilines is 1. The van der Waals surface area contributed by atoms with Gasteiger partial charge in [-0.15, -0.1) is 0 Å². The zero-order valence-corrected chi connectivity index (χ0v) is 15.7. The number of benzene rings is 1. The van der Waals surface area contributed by atoms with Crippen LogP contribution in [0, 0.1) is 0 Å². The molecule has 5 nitrogen and oxygen atoms in total. The molecule has 6 heteroatoms. The Balaban J connectivity index is 1.82. The summed E-state index contributed by atoms with van der Waals surface area (Å²) in [7, 11) is 0. The van der Waals surface area contributed by atoms with Gasteiger partial charge in [0.05, 0.1) is 17.9 Å². The first-order chi connectivity index (χ1) is 12.6. The molecule has 2 heterocycles. The number of nitrogens with zero attached hydrogens (tertiary/aromatic N) is 3. The Labute approximate surface area is 158 Å². The molecule has 0 radical (unpaired) electrons. The Hall–Kier alpha value is -2.27. The Morgan fingerprint density at radius 3 is 2.85 bits per heavy atom. The van der Waals surface area contributed by atoms with Crippen molar-refractivity contribution >= 4 is 23.2 Å². The second-order valence-electron chi connectivity index (χ2n) is 7.04. The number of aromatic nitrogens is 2. The molecule has 1 aromatic heterocycles. The van der Waals surface area contributed by atoms with E-state index in [2.05, 4.69) is 18.2 Å². The summed E-state index contributed by atoms with van der Waals surface area (Å²) in [4.78, 5) is 14.0. The summed E-state index contributed by atoms with van der Waals surface area (Å²) >= 11 is 5.70. The minimum atomic E-state index is 0.0478. The SMILES string of the molecule is CC(=O)N1c2ccc(-c3cnn(C4CC4)c3)c(OC=CCl)c2CCC1C. The van der Waals surface area contributed by atoms with E-state index in [1.165, 1.54) is 24.6 Å². The van der Waals surface area contributed by atoms with Crippen LogP contribution in [0.3, 0.4) is 0 Å². The predicted octanol–water partition coefficient (Wildman–Crippen LogP) is 4.66. The maximum absolute atomic E-state index is 12.2. The van der Waals surface area contributed by atoms with Crippen LogP contribution in [0.5, 0.6) is 5.75 Å². The van der Waals surface area contributed by atoms with E-state index in [4.69, 9.17) is 16.3 Å². The number of hydrogen-bond donors (Lipinski definition) is 0. The summed E-state index contributed by atoms with van der Waals surface area (Å²) in [5.74, 6) is 0.805. The van der Waals surface area contributed by atoms with Crippen LogP contribution in [-0.4, -0.2) is 21.7 Å². The second kappa shape index (κ2) is 6.80. The van der Waals surface area contributed by atoms with Crippen LogP contribution in [0.1, 0.15) is 44.7 Å². The molecule has 0 saturated heterocycles. The largest absolute Gasteiger partial charge is 0.463 e. The van der Waals surface area contributed by atoms with Crippen molar-refractivity contribution in [3.8, 4) is 16.9 Å². The topological polar surface area (TPSA) is 47.4 Å². The number of fused-ring (bicyclic) bond motifs is 1. The van der Waals surface area contributed by atoms with Crippen molar-refractivity contribution in [1.29, 1.82) is 0 Å². The van der Waals surface area contributed by atoms with Gasteiger partial charge in [0, 0.05) is 41.4 Å². The van der Waals surface area contributed by atoms with Gasteiger partial charge in [-0.25, -0.2) is 0 Å². The number of ether oxygens (including phenoxy) is 1. The van der Waals surface area contributed by atoms with E-state index >= 15 is 0 Å². The van der Waals surface area contributed by atoms with E-state index < -0.39 is 0 Å². The summed E-state index contributed by atoms with van der Waals surface area (Å²) in [5.41, 5.74) is 5.32. The van der Waals surface area contributed by atoms with Crippen molar-refractivity contribution in [3.63, 3.8) is 0 Å². The highest BCUT2D eigenvalue weighted by Gasteiger charge is 2.30. The van der Waals surface area contributed by atoms with Crippen LogP contribution < -0.4 is 9.64 Å². The molecule has 0 N–H and O–H groups in total. The van der Waals surface area contributed by atoms with Crippen molar-refractivity contribution in [3.05, 3.63) is 41.9 Å². The van der Waals surface area contributed by atoms with E-state index in [1.54, 1.807) is 6.92 Å². The normalized spacial score (nSPS) is 19.7. The number of hydrogen-bond acceptors (Lipinski definition) is 3. The summed E-state index contributed by atoms with van der Waals surface area (Å²) < 4.78 is 7.93. The van der Waals surface area contributed by atoms with Gasteiger partial charge < -0.3 is 9.64 Å². The Morgan fingerprint density at radius 2 is 2.15 bits per heavy atom. The first kappa shape index (κ1) is 17.2. The van der Waals surface area contributed by atoms with Crippen LogP contribution in [-0.2, 0) is 11.2 Å². The third kappa shape index (κ3) is 3.01. The van der Waals surface area contributed by atoms with Crippen LogP contribution in [0.15, 0.2) is 36.3 Å². The van der Waals surface area contributed by atoms with Crippen molar-refractivity contribution in [2.75, 3.05) is 4.90 Å². The molecule has 1 fully saturated rings. The molecule has 1 aromatic carbocycles. The van der Waals surface area contributed by atoms with Crippen LogP contribution in [0.2, 0.25) is 0 Å². The van der Waals surface area contributed by atoms with Gasteiger partial charge in [-0.1, -0.05) is 11.6 Å². The molecule has 0 spiro atoms. The molecule has 1 saturated carbocycles. The summed E-state index contributed by atoms with van der Waals surface area (Å²) in [5, 5.41) is 4.50. The molecule has 4 rings (SSSR count). The van der Waals surface area contributed by atoms with E-state index in [9.17, 15) is 4.79 Å². The number of carbonyl (C=O) groups is 1. The van der Waals surface area contributed by atoms with Crippen LogP contribution in [0.25, 0.3) is 11.1 Å². The molecule has 1 atom stereocenters. The molecule has 1 aliphatic carbocycles. The monoisotopic (exact) mass is 371 g/mol. The third-order valence-electron chi connectivity index (χ3n) is 5.16. The lowest BCUT2D eigenvalue weighted by molar-refractivity contribution is -0.117. The highest BCUT2D eigenvalue weighted by molar-refractivity contribution is 6.25. The van der Waals surface area contributed by atoms with Gasteiger partial charge in [0.15, 0.2) is 0 Å². The Morgan fingerprint density at radius 1 is 1.35 bits per heavy atom. The fourth-order valence-electron chi connectivity index (χ4n) is 3.76. The van der Waals surface area contributed by atoms with Gasteiger partial charge in [0.2, 0.25) is 5.91 Å². The highest BCUT2D eigenvalue weighted by atomic mass is 35.5. The first-order valence-corrected chi connectivity index (χ1v) is 9.46. The fourth-order valence-corrected chi connectivity index (χ4v) is 3.81. The Kier molecular flexibility index (Phi) is 4.49. The van der Waals surface area contributed by atoms with Gasteiger partial charge in [0.25, 0.3) is 0 Å². The molecule has 136 valence electrons. The van der Waals surface area contributed by atoms with Crippen LogP contribution in [0.4, 0.5) is 5.69 Å². The number of amides is 1. The lowest BCUT2D eigenvalue weighted by Gasteiger charge is -2.35. The van der Waals surface area contributed by atoms with Gasteiger partial charge in [-0.2, -0.15) is 5.10 Å². The molecular formula is C20H22ClN3O2. The molecule has 1 amide bonds. The predicted molar refractivity (Wildman–Crippen MR) is 102 cm³/mol. The average molecular weight is 372 g/mol. The second-order valence-corrected chi connectivity index (χ2v) is 7.29. The van der Waals surface area contributed by atoms with Crippen molar-refractivity contribution in [2.24, 2.45) is 0 Å². The molecule has 1 aliphatic heterocycles. The van der Waals surface area contributed by atoms with Crippen molar-refractivity contribution in [1.82, 2.24) is 9.78 Å². The number of carbonyl (C=O) groups excluding carboxylic acids is 1. The molecule has 0 bridgehead atoms. The zero-order chi connectivity index (χ0) is 18.3. The van der Waals surface area contributed by atoms with Crippen molar-refractivity contribution < 1.29 is 9.53 Å². The molecule has 26 heavy (non-hydrogen) atoms. The van der Waals surface area contributed by atoms with Gasteiger partial charge in [0.1, 0.15) is 12.0 Å². The minimum Gasteiger partial charge on any atom is -0.463 e. The third-order valence-corrected chi connectivity index (χ3v) is 5.26. The quantitative estimate of drug-likeness (QED) is 0.734. The van der Waals surface area contributed by atoms with E-state index in [-0.39, 0.29) is 11.9 Å². The van der Waals surface area contributed by atoms with E-state index in [1.807, 2.05) is 27.9 Å². The number of rotatable bonds is 4. The molecule has 1 unspecified atom stereocenters. The van der Waals surface area contributed by atoms with E-state index in [0.29, 0.717) is 6.04 Å². The highest BCUT2D eigenvalue weighted by Crippen LogP contribution is 2.44. The van der Waals surface area contributed by atoms with Gasteiger partial charge in [-0.05, 0) is 44.7 Å². The standard InChI is InChI=1S/C20H22ClN3O2/c1-13-3-6-18-19(24(13)14(2)25)8-7-17(20(18)26-10-9-21)15-11-22-23(12-15)16-4-5-16/h7-13,16H,3-6H2,1-2H3. The summed E-state index contributed by atoms with van der Waals surface area (Å²) in [6, 6.07) is 4.74. The summed E-state index contributed by atoms with van der Waals surface area (Å²) in [6.45, 7) is 3.69. The van der Waals surface area contributed by atoms with E-state index in [0.717, 1.165) is 41.0 Å². The van der Waals surface area contributed by atoms with Gasteiger partial charge >= 0.3 is 0 Å². The average Bonchev–Trinajstić information content (AvgIpc) is 3.36. The lowest BCUT2D eigenvalue weighted by Crippen LogP contribution is -2.40. The van der Waals surface area contributed by atoms with Crippen molar-refractivity contribution in [2.45, 2.75) is 51.6 Å².